The number of benzene rings is 1. The van der Waals surface area contributed by atoms with Gasteiger partial charge >= 0.3 is 0 Å². The Morgan fingerprint density at radius 3 is 2.31 bits per heavy atom. The van der Waals surface area contributed by atoms with Gasteiger partial charge in [0.15, 0.2) is 11.5 Å². The molecule has 0 radical (unpaired) electrons. The molecule has 1 aromatic carbocycles. The van der Waals surface area contributed by atoms with E-state index in [1.165, 1.54) is 21.1 Å². The van der Waals surface area contributed by atoms with Gasteiger partial charge < -0.3 is 9.47 Å². The molecular weight excluding hydrogens is 209 g/mol. The van der Waals surface area contributed by atoms with Crippen LogP contribution in [0, 0.1) is 11.3 Å². The van der Waals surface area contributed by atoms with E-state index in [1.807, 2.05) is 6.07 Å². The average Bonchev–Trinajstić information content (AvgIpc) is 2.28. The Hall–Kier alpha value is -1.76. The zero-order valence-corrected chi connectivity index (χ0v) is 9.58. The summed E-state index contributed by atoms with van der Waals surface area (Å²) in [6.45, 7) is 1.43. The highest BCUT2D eigenvalue weighted by atomic mass is 19.1. The molecule has 0 N–H and O–H groups in total. The lowest BCUT2D eigenvalue weighted by molar-refractivity contribution is 0.346. The van der Waals surface area contributed by atoms with Crippen LogP contribution in [0.3, 0.4) is 0 Å². The normalized spacial score (nSPS) is 11.7. The molecule has 0 aromatic heterocycles. The molecule has 1 aromatic rings. The molecule has 0 saturated carbocycles. The number of halogens is 1. The van der Waals surface area contributed by atoms with Gasteiger partial charge in [-0.1, -0.05) is 0 Å². The smallest absolute Gasteiger partial charge is 0.161 e. The topological polar surface area (TPSA) is 42.2 Å². The first-order valence-corrected chi connectivity index (χ1v) is 4.89. The van der Waals surface area contributed by atoms with Gasteiger partial charge in [-0.25, -0.2) is 4.39 Å². The van der Waals surface area contributed by atoms with Crippen molar-refractivity contribution in [3.8, 4) is 17.6 Å². The van der Waals surface area contributed by atoms with Crippen molar-refractivity contribution in [3.63, 3.8) is 0 Å². The Labute approximate surface area is 94.4 Å². The first-order chi connectivity index (χ1) is 7.63. The maximum absolute atomic E-state index is 13.4. The number of ether oxygens (including phenoxy) is 2. The predicted octanol–water partition coefficient (Wildman–Crippen LogP) is 2.80. The zero-order chi connectivity index (χ0) is 12.1. The predicted molar refractivity (Wildman–Crippen MR) is 58.4 cm³/mol. The fourth-order valence-corrected chi connectivity index (χ4v) is 1.55. The van der Waals surface area contributed by atoms with Crippen LogP contribution in [0.5, 0.6) is 11.5 Å². The summed E-state index contributed by atoms with van der Waals surface area (Å²) in [5, 5.41) is 8.67. The molecule has 4 heteroatoms. The van der Waals surface area contributed by atoms with E-state index in [4.69, 9.17) is 14.7 Å². The number of methoxy groups -OCH3 is 2. The monoisotopic (exact) mass is 223 g/mol. The van der Waals surface area contributed by atoms with Crippen LogP contribution < -0.4 is 9.47 Å². The van der Waals surface area contributed by atoms with Gasteiger partial charge in [0.25, 0.3) is 0 Å². The molecule has 3 nitrogen and oxygen atoms in total. The van der Waals surface area contributed by atoms with E-state index >= 15 is 0 Å². The van der Waals surface area contributed by atoms with Crippen LogP contribution in [0.25, 0.3) is 0 Å². The summed E-state index contributed by atoms with van der Waals surface area (Å²) in [7, 11) is 3.00. The van der Waals surface area contributed by atoms with Crippen LogP contribution in [0.1, 0.15) is 24.2 Å². The minimum Gasteiger partial charge on any atom is -0.493 e. The van der Waals surface area contributed by atoms with Gasteiger partial charge in [0.1, 0.15) is 6.17 Å². The zero-order valence-electron chi connectivity index (χ0n) is 9.58. The summed E-state index contributed by atoms with van der Waals surface area (Å²) < 4.78 is 23.6. The largest absolute Gasteiger partial charge is 0.493 e. The van der Waals surface area contributed by atoms with Crippen molar-refractivity contribution in [2.75, 3.05) is 14.2 Å². The van der Waals surface area contributed by atoms with Crippen LogP contribution >= 0.6 is 0 Å². The Morgan fingerprint density at radius 1 is 1.31 bits per heavy atom. The van der Waals surface area contributed by atoms with E-state index in [0.717, 1.165) is 0 Å². The van der Waals surface area contributed by atoms with Crippen molar-refractivity contribution in [3.05, 3.63) is 23.3 Å². The van der Waals surface area contributed by atoms with Crippen LogP contribution in [0.15, 0.2) is 12.1 Å². The minimum absolute atomic E-state index is 0.157. The summed E-state index contributed by atoms with van der Waals surface area (Å²) in [5.74, 6) is 0.987. The number of rotatable bonds is 4. The highest BCUT2D eigenvalue weighted by Gasteiger charge is 2.15. The lowest BCUT2D eigenvalue weighted by Crippen LogP contribution is -1.99. The fraction of sp³-hybridized carbons (Fsp3) is 0.417. The molecule has 0 aliphatic carbocycles. The molecule has 1 unspecified atom stereocenters. The molecule has 0 amide bonds. The van der Waals surface area contributed by atoms with Crippen LogP contribution in [-0.2, 0) is 6.42 Å². The number of alkyl halides is 1. The second-order valence-corrected chi connectivity index (χ2v) is 3.36. The first kappa shape index (κ1) is 12.3. The second kappa shape index (κ2) is 5.36. The van der Waals surface area contributed by atoms with Crippen molar-refractivity contribution in [1.82, 2.24) is 0 Å². The van der Waals surface area contributed by atoms with Crippen molar-refractivity contribution in [2.24, 2.45) is 0 Å². The van der Waals surface area contributed by atoms with E-state index in [0.29, 0.717) is 22.6 Å². The summed E-state index contributed by atoms with van der Waals surface area (Å²) in [5.41, 5.74) is 1.11. The maximum atomic E-state index is 13.4. The molecular formula is C12H14FNO2. The third-order valence-corrected chi connectivity index (χ3v) is 2.34. The van der Waals surface area contributed by atoms with E-state index < -0.39 is 6.17 Å². The van der Waals surface area contributed by atoms with E-state index in [-0.39, 0.29) is 6.42 Å². The maximum Gasteiger partial charge on any atom is 0.161 e. The minimum atomic E-state index is -1.14. The van der Waals surface area contributed by atoms with Crippen molar-refractivity contribution in [2.45, 2.75) is 19.5 Å². The summed E-state index contributed by atoms with van der Waals surface area (Å²) in [4.78, 5) is 0. The number of hydrogen-bond donors (Lipinski definition) is 0. The fourth-order valence-electron chi connectivity index (χ4n) is 1.55. The molecule has 0 heterocycles. The summed E-state index contributed by atoms with van der Waals surface area (Å²) in [6.07, 6.45) is -0.979. The molecule has 0 saturated heterocycles. The molecule has 86 valence electrons. The number of nitrogens with zero attached hydrogens (tertiary/aromatic N) is 1. The van der Waals surface area contributed by atoms with Crippen molar-refractivity contribution < 1.29 is 13.9 Å². The third kappa shape index (κ3) is 2.43. The molecule has 0 aliphatic rings. The number of hydrogen-bond acceptors (Lipinski definition) is 3. The van der Waals surface area contributed by atoms with Gasteiger partial charge in [0.05, 0.1) is 26.7 Å². The molecule has 16 heavy (non-hydrogen) atoms. The van der Waals surface area contributed by atoms with E-state index in [9.17, 15) is 4.39 Å². The van der Waals surface area contributed by atoms with Crippen molar-refractivity contribution >= 4 is 0 Å². The van der Waals surface area contributed by atoms with E-state index in [1.54, 1.807) is 12.1 Å². The molecule has 1 rings (SSSR count). The van der Waals surface area contributed by atoms with E-state index in [2.05, 4.69) is 0 Å². The number of nitriles is 1. The van der Waals surface area contributed by atoms with Gasteiger partial charge in [-0.3, -0.25) is 0 Å². The molecule has 0 aliphatic heterocycles. The van der Waals surface area contributed by atoms with Gasteiger partial charge in [-0.05, 0) is 30.2 Å². The van der Waals surface area contributed by atoms with Gasteiger partial charge in [-0.2, -0.15) is 5.26 Å². The lowest BCUT2D eigenvalue weighted by atomic mass is 10.0. The van der Waals surface area contributed by atoms with Gasteiger partial charge in [0.2, 0.25) is 0 Å². The summed E-state index contributed by atoms with van der Waals surface area (Å²) in [6, 6.07) is 5.23. The molecule has 0 spiro atoms. The lowest BCUT2D eigenvalue weighted by Gasteiger charge is -2.14. The highest BCUT2D eigenvalue weighted by Crippen LogP contribution is 2.34. The molecule has 0 bridgehead atoms. The van der Waals surface area contributed by atoms with Crippen molar-refractivity contribution in [1.29, 1.82) is 5.26 Å². The Bertz CT molecular complexity index is 410. The van der Waals surface area contributed by atoms with Crippen LogP contribution in [0.2, 0.25) is 0 Å². The first-order valence-electron chi connectivity index (χ1n) is 4.89. The Morgan fingerprint density at radius 2 is 1.88 bits per heavy atom. The Kier molecular flexibility index (Phi) is 4.12. The van der Waals surface area contributed by atoms with Crippen LogP contribution in [0.4, 0.5) is 4.39 Å². The quantitative estimate of drug-likeness (QED) is 0.788. The molecule has 0 fully saturated rings. The SMILES string of the molecule is COc1cc(CC#N)c(C(C)F)cc1OC. The average molecular weight is 223 g/mol. The highest BCUT2D eigenvalue weighted by molar-refractivity contribution is 5.48. The third-order valence-electron chi connectivity index (χ3n) is 2.34. The van der Waals surface area contributed by atoms with Crippen LogP contribution in [-0.4, -0.2) is 14.2 Å². The second-order valence-electron chi connectivity index (χ2n) is 3.36. The Balaban J connectivity index is 3.30. The summed E-state index contributed by atoms with van der Waals surface area (Å²) >= 11 is 0. The van der Waals surface area contributed by atoms with Gasteiger partial charge in [0, 0.05) is 0 Å². The van der Waals surface area contributed by atoms with Gasteiger partial charge in [-0.15, -0.1) is 0 Å². The molecule has 1 atom stereocenters. The standard InChI is InChI=1S/C12H14FNO2/c1-8(13)10-7-12(16-3)11(15-2)6-9(10)4-5-14/h6-8H,4H2,1-3H3.